The van der Waals surface area contributed by atoms with Gasteiger partial charge in [0.15, 0.2) is 43.5 Å². The van der Waals surface area contributed by atoms with Crippen LogP contribution in [-0.2, 0) is 159 Å². The minimum absolute atomic E-state index is 0.0169. The van der Waals surface area contributed by atoms with Gasteiger partial charge in [-0.15, -0.1) is 6.58 Å². The fraction of sp³-hybridized carbons (Fsp3) is 0.372. The van der Waals surface area contributed by atoms with E-state index in [1.165, 1.54) is 6.92 Å². The fourth-order valence-corrected chi connectivity index (χ4v) is 14.9. The highest BCUT2D eigenvalue weighted by Gasteiger charge is 2.60. The van der Waals surface area contributed by atoms with E-state index in [1.54, 1.807) is 13.0 Å². The number of benzene rings is 9. The number of esters is 2. The number of ether oxygens (including phenoxy) is 18. The number of carbonyl (C=O) groups excluding carboxylic acids is 3. The second kappa shape index (κ2) is 44.8. The molecule has 13 rings (SSSR count). The highest BCUT2D eigenvalue weighted by atomic mass is 35.6. The van der Waals surface area contributed by atoms with Crippen molar-refractivity contribution >= 4 is 52.6 Å². The van der Waals surface area contributed by atoms with Crippen molar-refractivity contribution in [1.82, 2.24) is 5.32 Å². The fourth-order valence-electron chi connectivity index (χ4n) is 14.7. The van der Waals surface area contributed by atoms with Crippen LogP contribution in [0.1, 0.15) is 70.8 Å². The van der Waals surface area contributed by atoms with E-state index in [4.69, 9.17) is 120 Å². The van der Waals surface area contributed by atoms with Crippen LogP contribution in [0.4, 0.5) is 0 Å². The summed E-state index contributed by atoms with van der Waals surface area (Å²) in [6.07, 6.45) is -24.5. The molecule has 4 saturated heterocycles. The van der Waals surface area contributed by atoms with Crippen LogP contribution in [-0.4, -0.2) is 158 Å². The van der Waals surface area contributed by atoms with Crippen LogP contribution in [0.15, 0.2) is 286 Å². The van der Waals surface area contributed by atoms with Crippen LogP contribution in [0.3, 0.4) is 0 Å². The van der Waals surface area contributed by atoms with Crippen molar-refractivity contribution in [3.05, 3.63) is 336 Å². The molecule has 628 valence electrons. The molecule has 0 aliphatic carbocycles. The molecule has 4 heterocycles. The number of carbonyl (C=O) groups is 3. The first-order valence-electron chi connectivity index (χ1n) is 39.9. The predicted octanol–water partition coefficient (Wildman–Crippen LogP) is 15.1. The molecule has 4 aliphatic rings. The Hall–Kier alpha value is -8.64. The van der Waals surface area contributed by atoms with Gasteiger partial charge in [0.2, 0.25) is 0 Å². The van der Waals surface area contributed by atoms with Crippen molar-refractivity contribution in [1.29, 1.82) is 0 Å². The number of alkyl halides is 3. The third-order valence-corrected chi connectivity index (χ3v) is 21.1. The molecule has 0 aromatic heterocycles. The normalized spacial score (nSPS) is 27.0. The van der Waals surface area contributed by atoms with Gasteiger partial charge < -0.3 is 90.6 Å². The molecule has 0 saturated carbocycles. The molecule has 0 bridgehead atoms. The lowest BCUT2D eigenvalue weighted by Gasteiger charge is -2.52. The molecule has 0 radical (unpaired) electrons. The molecule has 25 heteroatoms. The maximum Gasteiger partial charge on any atom is 0.338 e. The molecule has 20 atom stereocenters. The van der Waals surface area contributed by atoms with Crippen LogP contribution in [0.2, 0.25) is 0 Å². The van der Waals surface area contributed by atoms with Crippen molar-refractivity contribution in [2.45, 2.75) is 207 Å². The van der Waals surface area contributed by atoms with Gasteiger partial charge in [0.05, 0.1) is 78.3 Å². The Labute approximate surface area is 709 Å². The Kier molecular flexibility index (Phi) is 33.2. The molecule has 1 amide bonds. The molecular weight excluding hydrogens is 1590 g/mol. The van der Waals surface area contributed by atoms with Gasteiger partial charge in [-0.3, -0.25) is 9.59 Å². The highest BCUT2D eigenvalue weighted by molar-refractivity contribution is 6.76. The minimum atomic E-state index is -2.60. The van der Waals surface area contributed by atoms with Crippen molar-refractivity contribution in [2.24, 2.45) is 0 Å². The van der Waals surface area contributed by atoms with Crippen LogP contribution in [0.25, 0.3) is 0 Å². The van der Waals surface area contributed by atoms with E-state index in [9.17, 15) is 9.59 Å². The average Bonchev–Trinajstić information content (AvgIpc) is 0.756. The SMILES string of the molecule is C=CCO[C@@H]1O[C@H](C(=O)OCc2ccccc2)[C@H](O[C@@H]2O[C@@H](C)[C@H](OCc3ccccc3)[C@@H](OCc3ccccc3)[C@H]2O[C@@H]2O[C@@H](C)[C@H](OCc3ccccc3)[C@@H](OC(C)=O)[C@H]2O[C@@H]2O[C@H](COCc3ccccc3)[C@H](OCc3ccccc3)[C@H](OCc3ccccc3)[C@H]2NC(=O)C(Cl)(Cl)Cl)[C@H](OCc2ccccc2)[C@H]1OCc1ccccc1. The Bertz CT molecular complexity index is 4490. The zero-order chi connectivity index (χ0) is 82.7. The third-order valence-electron chi connectivity index (χ3n) is 20.6. The molecule has 4 aliphatic heterocycles. The molecule has 119 heavy (non-hydrogen) atoms. The molecule has 1 N–H and O–H groups in total. The smallest absolute Gasteiger partial charge is 0.338 e. The maximum absolute atomic E-state index is 15.6. The molecule has 9 aromatic rings. The lowest BCUT2D eigenvalue weighted by atomic mass is 9.94. The number of hydrogen-bond acceptors (Lipinski definition) is 21. The Morgan fingerprint density at radius 3 is 1.08 bits per heavy atom. The monoisotopic (exact) mass is 1680 g/mol. The molecule has 9 aromatic carbocycles. The standard InChI is InChI=1S/C94H100Cl3NO21/c1-5-51-103-90-85(110-59-72-47-29-13-30-48-72)81(109-58-71-45-27-12-28-46-71)83(84(117-90)88(100)111-60-73-49-31-14-32-50-73)116-91-86(80(108-57-70-43-25-11-26-44-70)76(62(2)112-91)104-53-66-35-17-7-18-36-66)119-92-87(82(114-64(4)99)77(63(3)113-92)105-54-67-37-19-8-20-38-67)118-89-75(98-93(101)94(95,96)97)79(107-56-69-41-23-10-24-42-69)78(106-55-68-39-21-9-22-40-68)74(115-89)61-102-52-65-33-15-6-16-34-65/h5-50,62-63,74-87,89-92H,1,51-61H2,2-4H3,(H,98,101)/t62-,63-,74+,75+,76-,77-,78-,79+,80+,81-,82+,83+,84-,85+,86+,87+,89-,90+,91-,92-/m0/s1. The topological polar surface area (TPSA) is 229 Å². The lowest BCUT2D eigenvalue weighted by Crippen LogP contribution is -2.70. The van der Waals surface area contributed by atoms with Crippen molar-refractivity contribution in [2.75, 3.05) is 13.2 Å². The zero-order valence-corrected chi connectivity index (χ0v) is 68.6. The summed E-state index contributed by atoms with van der Waals surface area (Å²) in [6.45, 7) is 8.43. The number of nitrogens with one attached hydrogen (secondary N) is 1. The van der Waals surface area contributed by atoms with E-state index in [0.29, 0.717) is 5.56 Å². The van der Waals surface area contributed by atoms with E-state index >= 15 is 4.79 Å². The summed E-state index contributed by atoms with van der Waals surface area (Å²) in [5.41, 5.74) is 6.97. The molecule has 22 nitrogen and oxygen atoms in total. The average molecular weight is 1690 g/mol. The van der Waals surface area contributed by atoms with Crippen LogP contribution in [0.5, 0.6) is 0 Å². The predicted molar refractivity (Wildman–Crippen MR) is 442 cm³/mol. The van der Waals surface area contributed by atoms with Crippen molar-refractivity contribution < 1.29 is 99.6 Å². The largest absolute Gasteiger partial charge is 0.459 e. The molecule has 4 fully saturated rings. The maximum atomic E-state index is 15.6. The summed E-state index contributed by atoms with van der Waals surface area (Å²) in [7, 11) is 0. The van der Waals surface area contributed by atoms with Gasteiger partial charge in [-0.25, -0.2) is 4.79 Å². The number of rotatable bonds is 39. The Morgan fingerprint density at radius 2 is 0.689 bits per heavy atom. The van der Waals surface area contributed by atoms with E-state index in [2.05, 4.69) is 11.9 Å². The van der Waals surface area contributed by atoms with Crippen LogP contribution < -0.4 is 5.32 Å². The molecule has 0 spiro atoms. The second-order valence-corrected chi connectivity index (χ2v) is 31.6. The first-order valence-corrected chi connectivity index (χ1v) is 41.0. The van der Waals surface area contributed by atoms with E-state index in [-0.39, 0.29) is 72.7 Å². The van der Waals surface area contributed by atoms with Gasteiger partial charge in [-0.05, 0) is 63.9 Å². The highest BCUT2D eigenvalue weighted by Crippen LogP contribution is 2.42. The minimum Gasteiger partial charge on any atom is -0.459 e. The van der Waals surface area contributed by atoms with Crippen molar-refractivity contribution in [3.63, 3.8) is 0 Å². The van der Waals surface area contributed by atoms with Crippen LogP contribution in [0, 0.1) is 0 Å². The quantitative estimate of drug-likeness (QED) is 0.0214. The zero-order valence-electron chi connectivity index (χ0n) is 66.3. The van der Waals surface area contributed by atoms with Gasteiger partial charge in [0, 0.05) is 6.92 Å². The summed E-state index contributed by atoms with van der Waals surface area (Å²) < 4.78 is 125. The van der Waals surface area contributed by atoms with Gasteiger partial charge in [-0.1, -0.05) is 314 Å². The van der Waals surface area contributed by atoms with Gasteiger partial charge in [-0.2, -0.15) is 0 Å². The van der Waals surface area contributed by atoms with E-state index < -0.39 is 144 Å². The van der Waals surface area contributed by atoms with E-state index in [0.717, 1.165) is 44.5 Å². The summed E-state index contributed by atoms with van der Waals surface area (Å²) >= 11 is 19.8. The lowest BCUT2D eigenvalue weighted by molar-refractivity contribution is -0.403. The summed E-state index contributed by atoms with van der Waals surface area (Å²) in [4.78, 5) is 44.8. The van der Waals surface area contributed by atoms with Gasteiger partial charge in [0.25, 0.3) is 9.70 Å². The van der Waals surface area contributed by atoms with Gasteiger partial charge >= 0.3 is 11.9 Å². The summed E-state index contributed by atoms with van der Waals surface area (Å²) in [6, 6.07) is 83.6. The Balaban J connectivity index is 0.975. The number of amides is 1. The van der Waals surface area contributed by atoms with Gasteiger partial charge in [0.1, 0.15) is 73.7 Å². The molecule has 0 unspecified atom stereocenters. The first kappa shape index (κ1) is 88.2. The first-order chi connectivity index (χ1) is 58.1. The van der Waals surface area contributed by atoms with Crippen LogP contribution >= 0.6 is 34.8 Å². The number of halogens is 3. The second-order valence-electron chi connectivity index (χ2n) is 29.3. The van der Waals surface area contributed by atoms with Crippen molar-refractivity contribution in [3.8, 4) is 0 Å². The summed E-state index contributed by atoms with van der Waals surface area (Å²) in [5.74, 6) is -2.72. The summed E-state index contributed by atoms with van der Waals surface area (Å²) in [5, 5.41) is 2.94. The third kappa shape index (κ3) is 25.3. The number of hydrogen-bond donors (Lipinski definition) is 1. The van der Waals surface area contributed by atoms with E-state index in [1.807, 2.05) is 280 Å². The molecular formula is C94H100Cl3NO21. The Morgan fingerprint density at radius 1 is 0.361 bits per heavy atom.